The zero-order valence-corrected chi connectivity index (χ0v) is 10.3. The molecule has 5 nitrogen and oxygen atoms in total. The van der Waals surface area contributed by atoms with E-state index in [1.54, 1.807) is 12.1 Å². The Kier molecular flexibility index (Phi) is 2.97. The van der Waals surface area contributed by atoms with Crippen LogP contribution in [0.25, 0.3) is 0 Å². The molecule has 0 spiro atoms. The van der Waals surface area contributed by atoms with Crippen LogP contribution in [0, 0.1) is 0 Å². The molecule has 1 aromatic carbocycles. The molecule has 1 aliphatic heterocycles. The topological polar surface area (TPSA) is 77.5 Å². The van der Waals surface area contributed by atoms with Gasteiger partial charge >= 0.3 is 0 Å². The predicted octanol–water partition coefficient (Wildman–Crippen LogP) is 1.60. The third-order valence-corrected chi connectivity index (χ3v) is 3.09. The zero-order valence-electron chi connectivity index (χ0n) is 10.3. The molecule has 0 fully saturated rings. The van der Waals surface area contributed by atoms with Crippen LogP contribution in [0.5, 0.6) is 5.75 Å². The van der Waals surface area contributed by atoms with Crippen LogP contribution in [0.1, 0.15) is 27.9 Å². The summed E-state index contributed by atoms with van der Waals surface area (Å²) in [4.78, 5) is 12.0. The summed E-state index contributed by atoms with van der Waals surface area (Å²) in [6.45, 7) is 0.720. The van der Waals surface area contributed by atoms with Gasteiger partial charge in [-0.2, -0.15) is 0 Å². The molecule has 19 heavy (non-hydrogen) atoms. The molecule has 1 amide bonds. The van der Waals surface area contributed by atoms with Gasteiger partial charge in [-0.3, -0.25) is 4.79 Å². The van der Waals surface area contributed by atoms with Gasteiger partial charge in [0.15, 0.2) is 5.76 Å². The summed E-state index contributed by atoms with van der Waals surface area (Å²) in [7, 11) is 0. The number of para-hydroxylation sites is 1. The van der Waals surface area contributed by atoms with Gasteiger partial charge in [0.25, 0.3) is 5.91 Å². The number of nitrogens with one attached hydrogen (secondary N) is 1. The van der Waals surface area contributed by atoms with Gasteiger partial charge in [0, 0.05) is 5.56 Å². The van der Waals surface area contributed by atoms with Crippen LogP contribution >= 0.6 is 0 Å². The van der Waals surface area contributed by atoms with E-state index in [1.807, 2.05) is 24.3 Å². The molecule has 0 saturated carbocycles. The quantitative estimate of drug-likeness (QED) is 0.876. The molecule has 1 unspecified atom stereocenters. The molecule has 2 aromatic rings. The summed E-state index contributed by atoms with van der Waals surface area (Å²) >= 11 is 0. The molecule has 1 atom stereocenters. The average molecular weight is 258 g/mol. The number of nitrogens with two attached hydrogens (primary N) is 1. The Morgan fingerprint density at radius 2 is 2.16 bits per heavy atom. The lowest BCUT2D eigenvalue weighted by atomic mass is 10.1. The third-order valence-electron chi connectivity index (χ3n) is 3.09. The molecule has 3 rings (SSSR count). The maximum atomic E-state index is 12.0. The largest absolute Gasteiger partial charge is 0.491 e. The number of benzene rings is 1. The number of hydrogen-bond donors (Lipinski definition) is 2. The maximum Gasteiger partial charge on any atom is 0.287 e. The highest BCUT2D eigenvalue weighted by atomic mass is 16.5. The van der Waals surface area contributed by atoms with Crippen molar-refractivity contribution in [3.05, 3.63) is 53.5 Å². The predicted molar refractivity (Wildman–Crippen MR) is 68.7 cm³/mol. The molecule has 1 aliphatic rings. The highest BCUT2D eigenvalue weighted by Crippen LogP contribution is 2.31. The Labute approximate surface area is 110 Å². The lowest BCUT2D eigenvalue weighted by Crippen LogP contribution is -2.29. The molecular formula is C14H14N2O3. The molecule has 0 saturated heterocycles. The van der Waals surface area contributed by atoms with Crippen molar-refractivity contribution in [1.29, 1.82) is 0 Å². The number of rotatable bonds is 3. The smallest absolute Gasteiger partial charge is 0.287 e. The third kappa shape index (κ3) is 2.20. The molecule has 0 bridgehead atoms. The van der Waals surface area contributed by atoms with Crippen molar-refractivity contribution in [1.82, 2.24) is 5.32 Å². The van der Waals surface area contributed by atoms with E-state index in [-0.39, 0.29) is 24.3 Å². The minimum atomic E-state index is -0.259. The Balaban J connectivity index is 1.74. The van der Waals surface area contributed by atoms with Crippen molar-refractivity contribution in [3.8, 4) is 5.75 Å². The number of amides is 1. The van der Waals surface area contributed by atoms with E-state index in [4.69, 9.17) is 14.9 Å². The first kappa shape index (κ1) is 11.8. The van der Waals surface area contributed by atoms with Gasteiger partial charge in [-0.1, -0.05) is 18.2 Å². The molecule has 98 valence electrons. The van der Waals surface area contributed by atoms with Crippen LogP contribution in [-0.2, 0) is 6.54 Å². The second-order valence-corrected chi connectivity index (χ2v) is 4.34. The Hall–Kier alpha value is -2.27. The number of fused-ring (bicyclic) bond motifs is 1. The summed E-state index contributed by atoms with van der Waals surface area (Å²) in [5.74, 6) is 1.41. The van der Waals surface area contributed by atoms with Gasteiger partial charge in [-0.25, -0.2) is 0 Å². The SMILES string of the molecule is NCc1ccc(C(=O)NC2COc3ccccc32)o1. The fraction of sp³-hybridized carbons (Fsp3) is 0.214. The summed E-state index contributed by atoms with van der Waals surface area (Å²) in [6, 6.07) is 10.8. The van der Waals surface area contributed by atoms with Gasteiger partial charge < -0.3 is 20.2 Å². The fourth-order valence-corrected chi connectivity index (χ4v) is 2.12. The molecule has 3 N–H and O–H groups in total. The van der Waals surface area contributed by atoms with Crippen LogP contribution in [0.3, 0.4) is 0 Å². The highest BCUT2D eigenvalue weighted by Gasteiger charge is 2.26. The Bertz CT molecular complexity index is 606. The standard InChI is InChI=1S/C14H14N2O3/c15-7-9-5-6-13(19-9)14(17)16-11-8-18-12-4-2-1-3-10(11)12/h1-6,11H,7-8,15H2,(H,16,17). The van der Waals surface area contributed by atoms with E-state index in [1.165, 1.54) is 0 Å². The number of carbonyl (C=O) groups excluding carboxylic acids is 1. The van der Waals surface area contributed by atoms with Crippen LogP contribution in [0.2, 0.25) is 0 Å². The first-order valence-electron chi connectivity index (χ1n) is 6.09. The normalized spacial score (nSPS) is 16.8. The maximum absolute atomic E-state index is 12.0. The molecule has 0 radical (unpaired) electrons. The first-order chi connectivity index (χ1) is 9.28. The van der Waals surface area contributed by atoms with Crippen molar-refractivity contribution in [2.24, 2.45) is 5.73 Å². The lowest BCUT2D eigenvalue weighted by molar-refractivity contribution is 0.0900. The fourth-order valence-electron chi connectivity index (χ4n) is 2.12. The van der Waals surface area contributed by atoms with E-state index in [9.17, 15) is 4.79 Å². The Morgan fingerprint density at radius 3 is 2.95 bits per heavy atom. The Morgan fingerprint density at radius 1 is 1.32 bits per heavy atom. The lowest BCUT2D eigenvalue weighted by Gasteiger charge is -2.10. The van der Waals surface area contributed by atoms with Crippen molar-refractivity contribution in [2.45, 2.75) is 12.6 Å². The summed E-state index contributed by atoms with van der Waals surface area (Å²) in [6.07, 6.45) is 0. The van der Waals surface area contributed by atoms with Gasteiger partial charge in [-0.15, -0.1) is 0 Å². The number of furan rings is 1. The first-order valence-corrected chi connectivity index (χ1v) is 6.09. The van der Waals surface area contributed by atoms with Crippen molar-refractivity contribution in [2.75, 3.05) is 6.61 Å². The van der Waals surface area contributed by atoms with E-state index in [2.05, 4.69) is 5.32 Å². The summed E-state index contributed by atoms with van der Waals surface area (Å²) < 4.78 is 10.8. The number of carbonyl (C=O) groups is 1. The molecule has 0 aliphatic carbocycles. The van der Waals surface area contributed by atoms with Crippen LogP contribution in [0.4, 0.5) is 0 Å². The number of hydrogen-bond acceptors (Lipinski definition) is 4. The van der Waals surface area contributed by atoms with Crippen molar-refractivity contribution < 1.29 is 13.9 Å². The minimum Gasteiger partial charge on any atom is -0.491 e. The van der Waals surface area contributed by atoms with Crippen molar-refractivity contribution >= 4 is 5.91 Å². The molecular weight excluding hydrogens is 244 g/mol. The van der Waals surface area contributed by atoms with E-state index < -0.39 is 0 Å². The van der Waals surface area contributed by atoms with E-state index >= 15 is 0 Å². The van der Waals surface area contributed by atoms with E-state index in [0.29, 0.717) is 12.4 Å². The van der Waals surface area contributed by atoms with E-state index in [0.717, 1.165) is 11.3 Å². The zero-order chi connectivity index (χ0) is 13.2. The van der Waals surface area contributed by atoms with Crippen LogP contribution in [0.15, 0.2) is 40.8 Å². The van der Waals surface area contributed by atoms with Crippen molar-refractivity contribution in [3.63, 3.8) is 0 Å². The van der Waals surface area contributed by atoms with Gasteiger partial charge in [-0.05, 0) is 18.2 Å². The second-order valence-electron chi connectivity index (χ2n) is 4.34. The molecule has 2 heterocycles. The molecule has 5 heteroatoms. The monoisotopic (exact) mass is 258 g/mol. The minimum absolute atomic E-state index is 0.143. The van der Waals surface area contributed by atoms with Gasteiger partial charge in [0.1, 0.15) is 18.1 Å². The number of ether oxygens (including phenoxy) is 1. The average Bonchev–Trinajstić information content (AvgIpc) is 3.06. The van der Waals surface area contributed by atoms with Crippen LogP contribution < -0.4 is 15.8 Å². The summed E-state index contributed by atoms with van der Waals surface area (Å²) in [5, 5.41) is 2.89. The summed E-state index contributed by atoms with van der Waals surface area (Å²) in [5.41, 5.74) is 6.43. The van der Waals surface area contributed by atoms with Crippen LogP contribution in [-0.4, -0.2) is 12.5 Å². The molecule has 1 aromatic heterocycles. The second kappa shape index (κ2) is 4.78. The van der Waals surface area contributed by atoms with Gasteiger partial charge in [0.2, 0.25) is 0 Å². The van der Waals surface area contributed by atoms with Gasteiger partial charge in [0.05, 0.1) is 12.6 Å². The highest BCUT2D eigenvalue weighted by molar-refractivity contribution is 5.91.